The van der Waals surface area contributed by atoms with E-state index in [0.717, 1.165) is 49.3 Å². The maximum Gasteiger partial charge on any atom is 0.331 e. The number of carbonyl (C=O) groups is 2. The van der Waals surface area contributed by atoms with E-state index in [9.17, 15) is 9.59 Å². The van der Waals surface area contributed by atoms with E-state index in [4.69, 9.17) is 16.3 Å². The van der Waals surface area contributed by atoms with Crippen LogP contribution in [0.5, 0.6) is 0 Å². The van der Waals surface area contributed by atoms with Crippen molar-refractivity contribution in [1.82, 2.24) is 14.3 Å². The summed E-state index contributed by atoms with van der Waals surface area (Å²) in [4.78, 5) is 24.6. The van der Waals surface area contributed by atoms with E-state index < -0.39 is 5.97 Å². The molecule has 0 N–H and O–H groups in total. The highest BCUT2D eigenvalue weighted by Crippen LogP contribution is 2.38. The lowest BCUT2D eigenvalue weighted by Crippen LogP contribution is -2.13. The molecule has 0 spiro atoms. The molecule has 1 saturated carbocycles. The minimum Gasteiger partial charge on any atom is -0.454 e. The van der Waals surface area contributed by atoms with Gasteiger partial charge >= 0.3 is 5.97 Å². The number of halogens is 1. The standard InChI is InChI=1S/C22H28ClN3O3/c1-5-6-11-25-22(23)18(15(3)24-25)9-10-21(28)29-13-20(27)19-12-14(2)26(16(19)4)17-7-8-17/h9-10,12,17H,5-8,11,13H2,1-4H3/b10-9+. The fourth-order valence-corrected chi connectivity index (χ4v) is 3.90. The summed E-state index contributed by atoms with van der Waals surface area (Å²) in [7, 11) is 0. The summed E-state index contributed by atoms with van der Waals surface area (Å²) >= 11 is 6.36. The minimum absolute atomic E-state index is 0.187. The highest BCUT2D eigenvalue weighted by Gasteiger charge is 2.28. The third kappa shape index (κ3) is 4.81. The van der Waals surface area contributed by atoms with E-state index in [-0.39, 0.29) is 12.4 Å². The van der Waals surface area contributed by atoms with Crippen LogP contribution in [-0.4, -0.2) is 32.7 Å². The molecule has 2 aromatic heterocycles. The number of ketones is 1. The van der Waals surface area contributed by atoms with Gasteiger partial charge in [-0.1, -0.05) is 24.9 Å². The smallest absolute Gasteiger partial charge is 0.331 e. The third-order valence-electron chi connectivity index (χ3n) is 5.26. The van der Waals surface area contributed by atoms with Gasteiger partial charge in [0.05, 0.1) is 5.69 Å². The molecule has 156 valence electrons. The van der Waals surface area contributed by atoms with Crippen LogP contribution < -0.4 is 0 Å². The summed E-state index contributed by atoms with van der Waals surface area (Å²) in [6.07, 6.45) is 7.22. The Bertz CT molecular complexity index is 951. The van der Waals surface area contributed by atoms with Gasteiger partial charge in [0, 0.05) is 41.2 Å². The molecule has 0 aromatic carbocycles. The molecule has 1 fully saturated rings. The van der Waals surface area contributed by atoms with E-state index in [2.05, 4.69) is 16.6 Å². The van der Waals surface area contributed by atoms with Gasteiger partial charge in [-0.25, -0.2) is 4.79 Å². The Morgan fingerprint density at radius 1 is 1.31 bits per heavy atom. The van der Waals surface area contributed by atoms with Crippen LogP contribution >= 0.6 is 11.6 Å². The van der Waals surface area contributed by atoms with Gasteiger partial charge in [0.25, 0.3) is 0 Å². The Hall–Kier alpha value is -2.34. The first-order chi connectivity index (χ1) is 13.8. The lowest BCUT2D eigenvalue weighted by Gasteiger charge is -2.07. The van der Waals surface area contributed by atoms with E-state index in [0.29, 0.717) is 22.3 Å². The molecule has 1 aliphatic carbocycles. The maximum atomic E-state index is 12.5. The zero-order valence-corrected chi connectivity index (χ0v) is 18.3. The van der Waals surface area contributed by atoms with Crippen molar-refractivity contribution in [2.45, 2.75) is 66.0 Å². The highest BCUT2D eigenvalue weighted by atomic mass is 35.5. The van der Waals surface area contributed by atoms with E-state index in [1.165, 1.54) is 6.08 Å². The van der Waals surface area contributed by atoms with Crippen molar-refractivity contribution >= 4 is 29.4 Å². The highest BCUT2D eigenvalue weighted by molar-refractivity contribution is 6.31. The second kappa shape index (κ2) is 8.99. The van der Waals surface area contributed by atoms with Crippen molar-refractivity contribution < 1.29 is 14.3 Å². The molecule has 0 saturated heterocycles. The van der Waals surface area contributed by atoms with Gasteiger partial charge in [-0.05, 0) is 52.2 Å². The Kier molecular flexibility index (Phi) is 6.63. The van der Waals surface area contributed by atoms with Gasteiger partial charge in [-0.15, -0.1) is 0 Å². The van der Waals surface area contributed by atoms with Gasteiger partial charge in [-0.3, -0.25) is 9.48 Å². The van der Waals surface area contributed by atoms with Crippen LogP contribution in [0.3, 0.4) is 0 Å². The van der Waals surface area contributed by atoms with Gasteiger partial charge in [0.2, 0.25) is 5.78 Å². The third-order valence-corrected chi connectivity index (χ3v) is 5.66. The Morgan fingerprint density at radius 3 is 2.69 bits per heavy atom. The average molecular weight is 418 g/mol. The number of rotatable bonds is 9. The van der Waals surface area contributed by atoms with Crippen molar-refractivity contribution in [3.8, 4) is 0 Å². The van der Waals surface area contributed by atoms with Gasteiger partial charge in [-0.2, -0.15) is 5.10 Å². The van der Waals surface area contributed by atoms with Crippen molar-refractivity contribution in [2.24, 2.45) is 0 Å². The molecular formula is C22H28ClN3O3. The maximum absolute atomic E-state index is 12.5. The zero-order valence-electron chi connectivity index (χ0n) is 17.5. The van der Waals surface area contributed by atoms with Gasteiger partial charge in [0.15, 0.2) is 6.61 Å². The monoisotopic (exact) mass is 417 g/mol. The first-order valence-electron chi connectivity index (χ1n) is 10.1. The fraction of sp³-hybridized carbons (Fsp3) is 0.500. The summed E-state index contributed by atoms with van der Waals surface area (Å²) < 4.78 is 9.10. The quantitative estimate of drug-likeness (QED) is 0.332. The normalized spacial score (nSPS) is 14.0. The average Bonchev–Trinajstić information content (AvgIpc) is 3.41. The Balaban J connectivity index is 1.60. The Labute approximate surface area is 176 Å². The van der Waals surface area contributed by atoms with E-state index >= 15 is 0 Å². The fourth-order valence-electron chi connectivity index (χ4n) is 3.58. The largest absolute Gasteiger partial charge is 0.454 e. The van der Waals surface area contributed by atoms with Crippen molar-refractivity contribution in [3.63, 3.8) is 0 Å². The lowest BCUT2D eigenvalue weighted by molar-refractivity contribution is -0.136. The lowest BCUT2D eigenvalue weighted by atomic mass is 10.1. The number of esters is 1. The van der Waals surface area contributed by atoms with Gasteiger partial charge in [0.1, 0.15) is 5.15 Å². The van der Waals surface area contributed by atoms with Crippen LogP contribution in [0.1, 0.15) is 71.7 Å². The molecule has 6 nitrogen and oxygen atoms in total. The first kappa shape index (κ1) is 21.4. The summed E-state index contributed by atoms with van der Waals surface area (Å²) in [5.41, 5.74) is 4.09. The number of Topliss-reactive ketones (excluding diaryl/α,β-unsaturated/α-hetero) is 1. The molecule has 0 aliphatic heterocycles. The number of aromatic nitrogens is 3. The summed E-state index contributed by atoms with van der Waals surface area (Å²) in [5.74, 6) is -0.764. The molecule has 3 rings (SSSR count). The van der Waals surface area contributed by atoms with Crippen molar-refractivity contribution in [3.05, 3.63) is 45.5 Å². The molecule has 0 atom stereocenters. The van der Waals surface area contributed by atoms with Gasteiger partial charge < -0.3 is 9.30 Å². The van der Waals surface area contributed by atoms with E-state index in [1.54, 1.807) is 10.8 Å². The van der Waals surface area contributed by atoms with Crippen LogP contribution in [0, 0.1) is 20.8 Å². The second-order valence-electron chi connectivity index (χ2n) is 7.62. The number of hydrogen-bond acceptors (Lipinski definition) is 4. The molecule has 2 heterocycles. The predicted octanol–water partition coefficient (Wildman–Crippen LogP) is 4.84. The SMILES string of the molecule is CCCCn1nc(C)c(/C=C/C(=O)OCC(=O)c2cc(C)n(C3CC3)c2C)c1Cl. The molecule has 0 bridgehead atoms. The van der Waals surface area contributed by atoms with E-state index in [1.807, 2.05) is 26.8 Å². The number of aryl methyl sites for hydroxylation is 3. The van der Waals surface area contributed by atoms with Crippen LogP contribution in [0.2, 0.25) is 5.15 Å². The van der Waals surface area contributed by atoms with Crippen LogP contribution in [-0.2, 0) is 16.1 Å². The molecular weight excluding hydrogens is 390 g/mol. The molecule has 0 amide bonds. The number of hydrogen-bond donors (Lipinski definition) is 0. The number of unbranched alkanes of at least 4 members (excludes halogenated alkanes) is 1. The number of nitrogens with zero attached hydrogens (tertiary/aromatic N) is 3. The number of ether oxygens (including phenoxy) is 1. The molecule has 0 radical (unpaired) electrons. The molecule has 2 aromatic rings. The predicted molar refractivity (Wildman–Crippen MR) is 113 cm³/mol. The minimum atomic E-state index is -0.578. The van der Waals surface area contributed by atoms with Crippen molar-refractivity contribution in [2.75, 3.05) is 6.61 Å². The van der Waals surface area contributed by atoms with Crippen LogP contribution in [0.15, 0.2) is 12.1 Å². The summed E-state index contributed by atoms with van der Waals surface area (Å²) in [6.45, 7) is 8.36. The number of carbonyl (C=O) groups excluding carboxylic acids is 2. The summed E-state index contributed by atoms with van der Waals surface area (Å²) in [6, 6.07) is 2.39. The van der Waals surface area contributed by atoms with Crippen LogP contribution in [0.4, 0.5) is 0 Å². The topological polar surface area (TPSA) is 66.1 Å². The zero-order chi connectivity index (χ0) is 21.1. The molecule has 7 heteroatoms. The van der Waals surface area contributed by atoms with Crippen LogP contribution in [0.25, 0.3) is 6.08 Å². The molecule has 29 heavy (non-hydrogen) atoms. The first-order valence-corrected chi connectivity index (χ1v) is 10.5. The second-order valence-corrected chi connectivity index (χ2v) is 7.97. The summed E-state index contributed by atoms with van der Waals surface area (Å²) in [5, 5.41) is 4.91. The van der Waals surface area contributed by atoms with Crippen molar-refractivity contribution in [1.29, 1.82) is 0 Å². The molecule has 1 aliphatic rings. The molecule has 0 unspecified atom stereocenters. The Morgan fingerprint density at radius 2 is 2.03 bits per heavy atom.